The van der Waals surface area contributed by atoms with Gasteiger partial charge in [-0.1, -0.05) is 35.9 Å². The minimum absolute atomic E-state index is 0.00907. The first-order valence-corrected chi connectivity index (χ1v) is 11.0. The molecule has 0 aliphatic rings. The van der Waals surface area contributed by atoms with E-state index in [-0.39, 0.29) is 5.91 Å². The number of aromatic nitrogens is 3. The van der Waals surface area contributed by atoms with Gasteiger partial charge in [-0.2, -0.15) is 9.61 Å². The van der Waals surface area contributed by atoms with Crippen LogP contribution in [0.15, 0.2) is 54.0 Å². The third-order valence-electron chi connectivity index (χ3n) is 4.74. The SMILES string of the molecule is Bc1cnn2c(NCCCCNC(=O)c3cccs3)cc(-c3ccccc3Cl)nc12. The standard InChI is InChI=1S/C21H21BClN5OS/c22-15-13-26-28-19(12-17(27-20(15)28)14-6-1-2-7-16(14)23)24-9-3-4-10-25-21(29)18-8-5-11-30-18/h1-2,5-8,11-13,24H,3-4,9-10,22H2,(H,25,29). The zero-order chi connectivity index (χ0) is 20.9. The first-order chi connectivity index (χ1) is 14.6. The molecule has 1 amide bonds. The molecule has 9 heteroatoms. The fraction of sp³-hybridized carbons (Fsp3) is 0.190. The number of nitrogens with zero attached hydrogens (tertiary/aromatic N) is 3. The molecule has 2 N–H and O–H groups in total. The lowest BCUT2D eigenvalue weighted by Gasteiger charge is -2.12. The van der Waals surface area contributed by atoms with Crippen molar-refractivity contribution in [1.82, 2.24) is 19.9 Å². The predicted molar refractivity (Wildman–Crippen MR) is 126 cm³/mol. The van der Waals surface area contributed by atoms with Crippen molar-refractivity contribution >= 4 is 53.6 Å². The molecule has 4 aromatic rings. The Labute approximate surface area is 184 Å². The summed E-state index contributed by atoms with van der Waals surface area (Å²) in [5, 5.41) is 13.4. The molecule has 0 bridgehead atoms. The summed E-state index contributed by atoms with van der Waals surface area (Å²) in [6, 6.07) is 13.4. The Morgan fingerprint density at radius 3 is 2.80 bits per heavy atom. The molecule has 152 valence electrons. The molecule has 6 nitrogen and oxygen atoms in total. The molecule has 3 heterocycles. The van der Waals surface area contributed by atoms with Crippen molar-refractivity contribution in [3.63, 3.8) is 0 Å². The van der Waals surface area contributed by atoms with Gasteiger partial charge in [-0.3, -0.25) is 4.79 Å². The Bertz CT molecular complexity index is 1160. The summed E-state index contributed by atoms with van der Waals surface area (Å²) in [7, 11) is 1.99. The van der Waals surface area contributed by atoms with Crippen LogP contribution in [-0.4, -0.2) is 41.4 Å². The van der Waals surface area contributed by atoms with Crippen LogP contribution >= 0.6 is 22.9 Å². The van der Waals surface area contributed by atoms with Crippen LogP contribution in [-0.2, 0) is 0 Å². The number of unbranched alkanes of at least 4 members (excludes halogenated alkanes) is 1. The second-order valence-corrected chi connectivity index (χ2v) is 8.29. The highest BCUT2D eigenvalue weighted by atomic mass is 35.5. The molecular weight excluding hydrogens is 417 g/mol. The first kappa shape index (κ1) is 20.4. The third kappa shape index (κ3) is 4.50. The predicted octanol–water partition coefficient (Wildman–Crippen LogP) is 2.99. The summed E-state index contributed by atoms with van der Waals surface area (Å²) in [6.45, 7) is 1.41. The van der Waals surface area contributed by atoms with Gasteiger partial charge in [0.15, 0.2) is 5.65 Å². The van der Waals surface area contributed by atoms with Crippen molar-refractivity contribution in [3.05, 3.63) is 63.9 Å². The lowest BCUT2D eigenvalue weighted by molar-refractivity contribution is 0.0957. The van der Waals surface area contributed by atoms with Gasteiger partial charge >= 0.3 is 0 Å². The Morgan fingerprint density at radius 2 is 2.00 bits per heavy atom. The Balaban J connectivity index is 1.40. The molecule has 0 spiro atoms. The Morgan fingerprint density at radius 1 is 1.17 bits per heavy atom. The highest BCUT2D eigenvalue weighted by Crippen LogP contribution is 2.28. The summed E-state index contributed by atoms with van der Waals surface area (Å²) < 4.78 is 1.81. The van der Waals surface area contributed by atoms with E-state index in [4.69, 9.17) is 16.6 Å². The van der Waals surface area contributed by atoms with Gasteiger partial charge in [-0.15, -0.1) is 11.3 Å². The van der Waals surface area contributed by atoms with Crippen LogP contribution in [0.2, 0.25) is 5.02 Å². The second-order valence-electron chi connectivity index (χ2n) is 6.94. The Kier molecular flexibility index (Phi) is 6.35. The summed E-state index contributed by atoms with van der Waals surface area (Å²) >= 11 is 7.83. The fourth-order valence-corrected chi connectivity index (χ4v) is 4.04. The van der Waals surface area contributed by atoms with E-state index in [9.17, 15) is 4.79 Å². The number of nitrogens with one attached hydrogen (secondary N) is 2. The number of hydrogen-bond donors (Lipinski definition) is 2. The van der Waals surface area contributed by atoms with Crippen LogP contribution in [0.25, 0.3) is 16.9 Å². The molecule has 3 aromatic heterocycles. The lowest BCUT2D eigenvalue weighted by Crippen LogP contribution is -2.24. The summed E-state index contributed by atoms with van der Waals surface area (Å²) in [5.41, 5.74) is 3.50. The van der Waals surface area contributed by atoms with Gasteiger partial charge in [-0.25, -0.2) is 4.98 Å². The molecule has 4 rings (SSSR count). The van der Waals surface area contributed by atoms with Crippen molar-refractivity contribution in [2.24, 2.45) is 0 Å². The average Bonchev–Trinajstić information content (AvgIpc) is 3.41. The van der Waals surface area contributed by atoms with Crippen molar-refractivity contribution in [3.8, 4) is 11.3 Å². The smallest absolute Gasteiger partial charge is 0.261 e. The van der Waals surface area contributed by atoms with Gasteiger partial charge in [0, 0.05) is 35.9 Å². The molecule has 30 heavy (non-hydrogen) atoms. The molecule has 0 saturated carbocycles. The van der Waals surface area contributed by atoms with Crippen LogP contribution in [0.3, 0.4) is 0 Å². The topological polar surface area (TPSA) is 71.3 Å². The van der Waals surface area contributed by atoms with Crippen LogP contribution in [0.5, 0.6) is 0 Å². The van der Waals surface area contributed by atoms with Gasteiger partial charge in [0.2, 0.25) is 0 Å². The summed E-state index contributed by atoms with van der Waals surface area (Å²) in [6.07, 6.45) is 3.61. The number of thiophene rings is 1. The molecule has 0 aliphatic carbocycles. The van der Waals surface area contributed by atoms with Crippen molar-refractivity contribution in [1.29, 1.82) is 0 Å². The molecule has 0 atom stereocenters. The van der Waals surface area contributed by atoms with Gasteiger partial charge in [0.1, 0.15) is 13.7 Å². The number of halogens is 1. The van der Waals surface area contributed by atoms with Crippen molar-refractivity contribution in [2.45, 2.75) is 12.8 Å². The van der Waals surface area contributed by atoms with Gasteiger partial charge < -0.3 is 10.6 Å². The quantitative estimate of drug-likeness (QED) is 0.328. The van der Waals surface area contributed by atoms with E-state index in [0.29, 0.717) is 11.6 Å². The van der Waals surface area contributed by atoms with Crippen LogP contribution < -0.4 is 16.1 Å². The maximum Gasteiger partial charge on any atom is 0.261 e. The minimum Gasteiger partial charge on any atom is -0.370 e. The number of benzene rings is 1. The maximum absolute atomic E-state index is 12.0. The van der Waals surface area contributed by atoms with E-state index in [1.807, 2.05) is 66.4 Å². The van der Waals surface area contributed by atoms with Gasteiger partial charge in [0.05, 0.1) is 10.6 Å². The van der Waals surface area contributed by atoms with E-state index >= 15 is 0 Å². The van der Waals surface area contributed by atoms with E-state index in [1.165, 1.54) is 11.3 Å². The molecule has 1 aromatic carbocycles. The average molecular weight is 438 g/mol. The number of fused-ring (bicyclic) bond motifs is 1. The number of carbonyl (C=O) groups is 1. The van der Waals surface area contributed by atoms with Gasteiger partial charge in [-0.05, 0) is 35.8 Å². The summed E-state index contributed by atoms with van der Waals surface area (Å²) in [4.78, 5) is 17.5. The van der Waals surface area contributed by atoms with E-state index in [2.05, 4.69) is 15.7 Å². The van der Waals surface area contributed by atoms with Crippen LogP contribution in [0.1, 0.15) is 22.5 Å². The third-order valence-corrected chi connectivity index (χ3v) is 5.94. The highest BCUT2D eigenvalue weighted by Gasteiger charge is 2.12. The van der Waals surface area contributed by atoms with E-state index < -0.39 is 0 Å². The molecule has 0 aliphatic heterocycles. The molecule has 0 unspecified atom stereocenters. The largest absolute Gasteiger partial charge is 0.370 e. The number of carbonyl (C=O) groups excluding carboxylic acids is 1. The van der Waals surface area contributed by atoms with Crippen LogP contribution in [0.4, 0.5) is 5.82 Å². The van der Waals surface area contributed by atoms with Gasteiger partial charge in [0.25, 0.3) is 5.91 Å². The minimum atomic E-state index is -0.00907. The van der Waals surface area contributed by atoms with Crippen LogP contribution in [0, 0.1) is 0 Å². The van der Waals surface area contributed by atoms with E-state index in [1.54, 1.807) is 0 Å². The number of hydrogen-bond acceptors (Lipinski definition) is 5. The second kappa shape index (κ2) is 9.32. The number of amides is 1. The molecule has 0 fully saturated rings. The maximum atomic E-state index is 12.0. The zero-order valence-corrected chi connectivity index (χ0v) is 18.1. The number of anilines is 1. The van der Waals surface area contributed by atoms with Crippen molar-refractivity contribution in [2.75, 3.05) is 18.4 Å². The Hall–Kier alpha value is -2.84. The monoisotopic (exact) mass is 437 g/mol. The highest BCUT2D eigenvalue weighted by molar-refractivity contribution is 7.12. The normalized spacial score (nSPS) is 11.0. The zero-order valence-electron chi connectivity index (χ0n) is 16.6. The summed E-state index contributed by atoms with van der Waals surface area (Å²) in [5.74, 6) is 0.857. The molecule has 0 radical (unpaired) electrons. The van der Waals surface area contributed by atoms with E-state index in [0.717, 1.165) is 52.4 Å². The first-order valence-electron chi connectivity index (χ1n) is 9.79. The van der Waals surface area contributed by atoms with Crippen molar-refractivity contribution < 1.29 is 4.79 Å². The molecule has 0 saturated heterocycles. The lowest BCUT2D eigenvalue weighted by atomic mass is 10.0. The fourth-order valence-electron chi connectivity index (χ4n) is 3.17. The number of rotatable bonds is 8. The molecular formula is C21H21BClN5OS.